The minimum absolute atomic E-state index is 0.139. The zero-order valence-electron chi connectivity index (χ0n) is 20.6. The summed E-state index contributed by atoms with van der Waals surface area (Å²) in [7, 11) is 0. The SMILES string of the molecule is CC(=O)N1CCC(CC(=O)N2CCC([C@H]3c4ccc(Cl)c(Br)c4CCc4cc(Br)cnc43)CC2)CC1. The second-order valence-corrected chi connectivity index (χ2v) is 12.6. The molecule has 2 aromatic rings. The molecule has 0 N–H and O–H groups in total. The Hall–Kier alpha value is -1.44. The number of hydrogen-bond acceptors (Lipinski definition) is 3. The fourth-order valence-electron chi connectivity index (χ4n) is 6.32. The molecule has 0 unspecified atom stereocenters. The fraction of sp³-hybridized carbons (Fsp3) is 0.536. The van der Waals surface area contributed by atoms with Crippen LogP contribution >= 0.6 is 43.5 Å². The number of aryl methyl sites for hydroxylation is 1. The van der Waals surface area contributed by atoms with E-state index in [1.54, 1.807) is 6.92 Å². The average Bonchev–Trinajstić information content (AvgIpc) is 3.03. The summed E-state index contributed by atoms with van der Waals surface area (Å²) in [4.78, 5) is 33.6. The highest BCUT2D eigenvalue weighted by Gasteiger charge is 2.36. The first-order valence-electron chi connectivity index (χ1n) is 13.0. The van der Waals surface area contributed by atoms with E-state index >= 15 is 0 Å². The average molecular weight is 638 g/mol. The molecule has 36 heavy (non-hydrogen) atoms. The van der Waals surface area contributed by atoms with Gasteiger partial charge in [0.1, 0.15) is 0 Å². The number of carbonyl (C=O) groups is 2. The Bertz CT molecular complexity index is 1160. The smallest absolute Gasteiger partial charge is 0.222 e. The van der Waals surface area contributed by atoms with Crippen LogP contribution in [0.3, 0.4) is 0 Å². The van der Waals surface area contributed by atoms with Gasteiger partial charge in [-0.25, -0.2) is 0 Å². The van der Waals surface area contributed by atoms with E-state index in [2.05, 4.69) is 48.9 Å². The highest BCUT2D eigenvalue weighted by atomic mass is 79.9. The number of fused-ring (bicyclic) bond motifs is 2. The van der Waals surface area contributed by atoms with Crippen LogP contribution < -0.4 is 0 Å². The second-order valence-electron chi connectivity index (χ2n) is 10.5. The number of nitrogens with zero attached hydrogens (tertiary/aromatic N) is 3. The summed E-state index contributed by atoms with van der Waals surface area (Å²) in [5, 5.41) is 0.752. The van der Waals surface area contributed by atoms with Crippen LogP contribution in [-0.4, -0.2) is 52.8 Å². The first kappa shape index (κ1) is 26.2. The molecular formula is C28H32Br2ClN3O2. The Balaban J connectivity index is 1.30. The second kappa shape index (κ2) is 11.1. The first-order valence-corrected chi connectivity index (χ1v) is 14.9. The highest BCUT2D eigenvalue weighted by Crippen LogP contribution is 2.45. The Morgan fingerprint density at radius 3 is 2.42 bits per heavy atom. The predicted molar refractivity (Wildman–Crippen MR) is 149 cm³/mol. The minimum atomic E-state index is 0.139. The van der Waals surface area contributed by atoms with Crippen molar-refractivity contribution in [1.29, 1.82) is 0 Å². The molecule has 5 rings (SSSR count). The number of likely N-dealkylation sites (tertiary alicyclic amines) is 2. The maximum Gasteiger partial charge on any atom is 0.222 e. The molecule has 8 heteroatoms. The van der Waals surface area contributed by atoms with Crippen molar-refractivity contribution in [2.75, 3.05) is 26.2 Å². The Morgan fingerprint density at radius 2 is 1.72 bits per heavy atom. The van der Waals surface area contributed by atoms with Gasteiger partial charge in [-0.1, -0.05) is 17.7 Å². The number of carbonyl (C=O) groups excluding carboxylic acids is 2. The molecule has 0 bridgehead atoms. The van der Waals surface area contributed by atoms with E-state index in [0.29, 0.717) is 18.3 Å². The molecule has 2 amide bonds. The molecule has 0 saturated carbocycles. The van der Waals surface area contributed by atoms with Gasteiger partial charge in [0.25, 0.3) is 0 Å². The highest BCUT2D eigenvalue weighted by molar-refractivity contribution is 9.10. The van der Waals surface area contributed by atoms with Gasteiger partial charge < -0.3 is 9.80 Å². The number of amides is 2. The van der Waals surface area contributed by atoms with Gasteiger partial charge in [0.2, 0.25) is 11.8 Å². The summed E-state index contributed by atoms with van der Waals surface area (Å²) in [6, 6.07) is 6.40. The van der Waals surface area contributed by atoms with Crippen molar-refractivity contribution >= 4 is 55.3 Å². The van der Waals surface area contributed by atoms with Gasteiger partial charge in [-0.05, 0) is 111 Å². The third-order valence-corrected chi connectivity index (χ3v) is 10.2. The van der Waals surface area contributed by atoms with E-state index in [1.807, 2.05) is 17.2 Å². The van der Waals surface area contributed by atoms with Gasteiger partial charge in [0.05, 0.1) is 10.7 Å². The number of hydrogen-bond donors (Lipinski definition) is 0. The third-order valence-electron chi connectivity index (χ3n) is 8.36. The van der Waals surface area contributed by atoms with Crippen molar-refractivity contribution in [2.24, 2.45) is 11.8 Å². The molecule has 1 atom stereocenters. The molecule has 3 heterocycles. The van der Waals surface area contributed by atoms with Crippen molar-refractivity contribution in [1.82, 2.24) is 14.8 Å². The molecule has 1 aliphatic carbocycles. The molecule has 3 aliphatic rings. The maximum atomic E-state index is 13.1. The summed E-state index contributed by atoms with van der Waals surface area (Å²) in [5.41, 5.74) is 5.08. The summed E-state index contributed by atoms with van der Waals surface area (Å²) < 4.78 is 2.01. The van der Waals surface area contributed by atoms with E-state index in [0.717, 1.165) is 78.7 Å². The van der Waals surface area contributed by atoms with Crippen molar-refractivity contribution < 1.29 is 9.59 Å². The van der Waals surface area contributed by atoms with Gasteiger partial charge in [0, 0.05) is 60.6 Å². The molecule has 1 aromatic heterocycles. The first-order chi connectivity index (χ1) is 17.3. The minimum Gasteiger partial charge on any atom is -0.343 e. The number of aromatic nitrogens is 1. The molecular weight excluding hydrogens is 606 g/mol. The summed E-state index contributed by atoms with van der Waals surface area (Å²) >= 11 is 13.9. The fourth-order valence-corrected chi connectivity index (χ4v) is 7.43. The lowest BCUT2D eigenvalue weighted by Crippen LogP contribution is -2.42. The number of halogens is 3. The zero-order valence-corrected chi connectivity index (χ0v) is 24.5. The van der Waals surface area contributed by atoms with E-state index in [4.69, 9.17) is 16.6 Å². The molecule has 1 aromatic carbocycles. The predicted octanol–water partition coefficient (Wildman–Crippen LogP) is 6.38. The standard InChI is InChI=1S/C28H32Br2ClN3O2/c1-17(35)33-10-6-18(7-11-33)14-25(36)34-12-8-19(9-13-34)26-22-4-5-24(31)27(30)23(22)3-2-20-15-21(29)16-32-28(20)26/h4-5,15-16,18-19,26H,2-3,6-14H2,1H3/t26-/m0/s1. The number of rotatable bonds is 3. The van der Waals surface area contributed by atoms with Crippen LogP contribution in [0.2, 0.25) is 5.02 Å². The van der Waals surface area contributed by atoms with Crippen LogP contribution in [0.5, 0.6) is 0 Å². The normalized spacial score (nSPS) is 21.1. The van der Waals surface area contributed by atoms with Crippen LogP contribution in [0.15, 0.2) is 33.3 Å². The van der Waals surface area contributed by atoms with Crippen LogP contribution in [0.1, 0.15) is 67.3 Å². The van der Waals surface area contributed by atoms with Crippen LogP contribution in [0.4, 0.5) is 0 Å². The van der Waals surface area contributed by atoms with Crippen LogP contribution in [0, 0.1) is 11.8 Å². The van der Waals surface area contributed by atoms with Gasteiger partial charge in [0.15, 0.2) is 0 Å². The van der Waals surface area contributed by atoms with Gasteiger partial charge in [-0.15, -0.1) is 0 Å². The van der Waals surface area contributed by atoms with Crippen molar-refractivity contribution in [3.63, 3.8) is 0 Å². The Labute approximate surface area is 235 Å². The van der Waals surface area contributed by atoms with E-state index < -0.39 is 0 Å². The molecule has 2 saturated heterocycles. The third kappa shape index (κ3) is 5.39. The Kier molecular flexibility index (Phi) is 8.09. The van der Waals surface area contributed by atoms with E-state index in [1.165, 1.54) is 22.4 Å². The summed E-state index contributed by atoms with van der Waals surface area (Å²) in [6.07, 6.45) is 8.17. The van der Waals surface area contributed by atoms with Crippen LogP contribution in [-0.2, 0) is 22.4 Å². The van der Waals surface area contributed by atoms with Gasteiger partial charge in [-0.3, -0.25) is 14.6 Å². The van der Waals surface area contributed by atoms with Crippen molar-refractivity contribution in [3.8, 4) is 0 Å². The van der Waals surface area contributed by atoms with Gasteiger partial charge >= 0.3 is 0 Å². The lowest BCUT2D eigenvalue weighted by molar-refractivity contribution is -0.134. The van der Waals surface area contributed by atoms with E-state index in [-0.39, 0.29) is 17.7 Å². The summed E-state index contributed by atoms with van der Waals surface area (Å²) in [5.74, 6) is 1.42. The maximum absolute atomic E-state index is 13.1. The molecule has 192 valence electrons. The van der Waals surface area contributed by atoms with Gasteiger partial charge in [-0.2, -0.15) is 0 Å². The van der Waals surface area contributed by atoms with Crippen molar-refractivity contribution in [2.45, 2.75) is 57.8 Å². The topological polar surface area (TPSA) is 53.5 Å². The molecule has 2 fully saturated rings. The lowest BCUT2D eigenvalue weighted by Gasteiger charge is -2.38. The molecule has 0 radical (unpaired) electrons. The van der Waals surface area contributed by atoms with E-state index in [9.17, 15) is 9.59 Å². The number of pyridine rings is 1. The van der Waals surface area contributed by atoms with Crippen LogP contribution in [0.25, 0.3) is 0 Å². The number of piperidine rings is 2. The monoisotopic (exact) mass is 635 g/mol. The number of benzene rings is 1. The largest absolute Gasteiger partial charge is 0.343 e. The van der Waals surface area contributed by atoms with Crippen molar-refractivity contribution in [3.05, 3.63) is 60.7 Å². The molecule has 5 nitrogen and oxygen atoms in total. The Morgan fingerprint density at radius 1 is 1.03 bits per heavy atom. The zero-order chi connectivity index (χ0) is 25.4. The summed E-state index contributed by atoms with van der Waals surface area (Å²) in [6.45, 7) is 4.77. The molecule has 0 spiro atoms. The quantitative estimate of drug-likeness (QED) is 0.393. The lowest BCUT2D eigenvalue weighted by atomic mass is 9.76. The molecule has 2 aliphatic heterocycles.